The molecule has 1 aromatic carbocycles. The topological polar surface area (TPSA) is 88.0 Å². The molecule has 6 nitrogen and oxygen atoms in total. The van der Waals surface area contributed by atoms with Crippen LogP contribution in [0.15, 0.2) is 35.3 Å². The number of fused-ring (bicyclic) bond motifs is 1. The van der Waals surface area contributed by atoms with Gasteiger partial charge in [-0.2, -0.15) is 0 Å². The number of pyridine rings is 1. The van der Waals surface area contributed by atoms with Crippen LogP contribution in [0.4, 0.5) is 0 Å². The lowest BCUT2D eigenvalue weighted by Gasteiger charge is -2.14. The molecule has 0 spiro atoms. The number of carbonyl (C=O) groups is 1. The van der Waals surface area contributed by atoms with Crippen molar-refractivity contribution in [1.82, 2.24) is 14.5 Å². The Labute approximate surface area is 176 Å². The predicted octanol–water partition coefficient (Wildman–Crippen LogP) is 4.34. The van der Waals surface area contributed by atoms with E-state index in [1.165, 1.54) is 0 Å². The van der Waals surface area contributed by atoms with Crippen molar-refractivity contribution in [3.63, 3.8) is 0 Å². The molecule has 1 atom stereocenters. The zero-order chi connectivity index (χ0) is 20.4. The first-order valence-corrected chi connectivity index (χ1v) is 9.64. The molecule has 0 unspecified atom stereocenters. The molecule has 0 aliphatic heterocycles. The SMILES string of the molecule is Cc1cc(-c2nc3cc(CC[C@@H](CC(C)C)C(=O)O)ccc3n2C)c[nH]c1=O.Cl. The van der Waals surface area contributed by atoms with E-state index in [0.717, 1.165) is 28.0 Å². The maximum atomic E-state index is 11.6. The normalized spacial score (nSPS) is 12.2. The van der Waals surface area contributed by atoms with Crippen molar-refractivity contribution in [3.8, 4) is 11.4 Å². The van der Waals surface area contributed by atoms with Gasteiger partial charge in [0.1, 0.15) is 5.82 Å². The van der Waals surface area contributed by atoms with Crippen LogP contribution in [0.5, 0.6) is 0 Å². The number of aromatic nitrogens is 3. The molecule has 0 saturated heterocycles. The number of aromatic amines is 1. The summed E-state index contributed by atoms with van der Waals surface area (Å²) in [4.78, 5) is 30.6. The van der Waals surface area contributed by atoms with Crippen LogP contribution >= 0.6 is 12.4 Å². The number of aliphatic carboxylic acids is 1. The summed E-state index contributed by atoms with van der Waals surface area (Å²) in [5.74, 6) is 0.111. The minimum absolute atomic E-state index is 0. The van der Waals surface area contributed by atoms with Crippen LogP contribution < -0.4 is 5.56 Å². The van der Waals surface area contributed by atoms with Crippen LogP contribution in [0.3, 0.4) is 0 Å². The average molecular weight is 418 g/mol. The summed E-state index contributed by atoms with van der Waals surface area (Å²) in [7, 11) is 1.95. The Bertz CT molecular complexity index is 1070. The van der Waals surface area contributed by atoms with Gasteiger partial charge in [-0.15, -0.1) is 12.4 Å². The van der Waals surface area contributed by atoms with E-state index in [2.05, 4.69) is 18.8 Å². The van der Waals surface area contributed by atoms with Gasteiger partial charge in [0.05, 0.1) is 17.0 Å². The van der Waals surface area contributed by atoms with Crippen LogP contribution in [0, 0.1) is 18.8 Å². The monoisotopic (exact) mass is 417 g/mol. The number of hydrogen-bond donors (Lipinski definition) is 2. The van der Waals surface area contributed by atoms with E-state index in [0.29, 0.717) is 30.7 Å². The van der Waals surface area contributed by atoms with E-state index in [9.17, 15) is 14.7 Å². The second kappa shape index (κ2) is 9.27. The van der Waals surface area contributed by atoms with Crippen LogP contribution in [0.2, 0.25) is 0 Å². The molecule has 0 aliphatic rings. The Balaban J connectivity index is 0.00000300. The van der Waals surface area contributed by atoms with Gasteiger partial charge in [-0.25, -0.2) is 4.98 Å². The Morgan fingerprint density at radius 2 is 2.00 bits per heavy atom. The van der Waals surface area contributed by atoms with E-state index in [1.807, 2.05) is 35.9 Å². The maximum absolute atomic E-state index is 11.6. The second-order valence-electron chi connectivity index (χ2n) is 7.92. The molecule has 2 N–H and O–H groups in total. The fourth-order valence-electron chi connectivity index (χ4n) is 3.64. The van der Waals surface area contributed by atoms with Gasteiger partial charge in [0.15, 0.2) is 0 Å². The number of carboxylic acids is 1. The molecular formula is C22H28ClN3O3. The van der Waals surface area contributed by atoms with Crippen molar-refractivity contribution in [1.29, 1.82) is 0 Å². The largest absolute Gasteiger partial charge is 0.481 e. The van der Waals surface area contributed by atoms with Crippen molar-refractivity contribution in [2.75, 3.05) is 0 Å². The summed E-state index contributed by atoms with van der Waals surface area (Å²) in [5, 5.41) is 9.44. The summed E-state index contributed by atoms with van der Waals surface area (Å²) < 4.78 is 2.00. The zero-order valence-electron chi connectivity index (χ0n) is 17.2. The number of H-pyrrole nitrogens is 1. The highest BCUT2D eigenvalue weighted by molar-refractivity contribution is 5.85. The first-order chi connectivity index (χ1) is 13.3. The summed E-state index contributed by atoms with van der Waals surface area (Å²) in [6.45, 7) is 5.88. The predicted molar refractivity (Wildman–Crippen MR) is 118 cm³/mol. The first-order valence-electron chi connectivity index (χ1n) is 9.64. The van der Waals surface area contributed by atoms with Crippen molar-refractivity contribution >= 4 is 29.4 Å². The van der Waals surface area contributed by atoms with Gasteiger partial charge in [0.2, 0.25) is 0 Å². The number of hydrogen-bond acceptors (Lipinski definition) is 3. The number of halogens is 1. The number of aryl methyl sites for hydroxylation is 3. The second-order valence-corrected chi connectivity index (χ2v) is 7.92. The number of benzene rings is 1. The number of carboxylic acid groups (broad SMARTS) is 1. The summed E-state index contributed by atoms with van der Waals surface area (Å²) in [6.07, 6.45) is 3.71. The quantitative estimate of drug-likeness (QED) is 0.598. The van der Waals surface area contributed by atoms with E-state index < -0.39 is 5.97 Å². The summed E-state index contributed by atoms with van der Waals surface area (Å²) in [5.41, 5.74) is 4.37. The lowest BCUT2D eigenvalue weighted by Crippen LogP contribution is -2.16. The smallest absolute Gasteiger partial charge is 0.306 e. The molecule has 2 heterocycles. The molecule has 156 valence electrons. The van der Waals surface area contributed by atoms with Crippen LogP contribution in [-0.2, 0) is 18.3 Å². The Kier molecular flexibility index (Phi) is 7.25. The van der Waals surface area contributed by atoms with E-state index in [1.54, 1.807) is 13.1 Å². The van der Waals surface area contributed by atoms with Crippen LogP contribution in [0.25, 0.3) is 22.4 Å². The number of nitrogens with zero attached hydrogens (tertiary/aromatic N) is 2. The lowest BCUT2D eigenvalue weighted by atomic mass is 9.91. The van der Waals surface area contributed by atoms with E-state index in [-0.39, 0.29) is 23.9 Å². The van der Waals surface area contributed by atoms with Crippen molar-refractivity contribution < 1.29 is 9.90 Å². The van der Waals surface area contributed by atoms with Gasteiger partial charge in [0.25, 0.3) is 5.56 Å². The zero-order valence-corrected chi connectivity index (χ0v) is 18.0. The van der Waals surface area contributed by atoms with Crippen LogP contribution in [0.1, 0.15) is 37.8 Å². The third kappa shape index (κ3) is 5.07. The molecule has 3 aromatic rings. The molecule has 0 radical (unpaired) electrons. The Hall–Kier alpha value is -2.60. The van der Waals surface area contributed by atoms with Gasteiger partial charge >= 0.3 is 5.97 Å². The Morgan fingerprint density at radius 1 is 1.28 bits per heavy atom. The molecular weight excluding hydrogens is 390 g/mol. The molecule has 0 bridgehead atoms. The molecule has 29 heavy (non-hydrogen) atoms. The molecule has 0 fully saturated rings. The number of nitrogens with one attached hydrogen (secondary N) is 1. The fraction of sp³-hybridized carbons (Fsp3) is 0.409. The van der Waals surface area contributed by atoms with E-state index >= 15 is 0 Å². The fourth-order valence-corrected chi connectivity index (χ4v) is 3.64. The maximum Gasteiger partial charge on any atom is 0.306 e. The third-order valence-electron chi connectivity index (χ3n) is 5.18. The molecule has 7 heteroatoms. The average Bonchev–Trinajstić information content (AvgIpc) is 2.96. The van der Waals surface area contributed by atoms with Crippen molar-refractivity contribution in [2.45, 2.75) is 40.0 Å². The number of rotatable bonds is 7. The summed E-state index contributed by atoms with van der Waals surface area (Å²) >= 11 is 0. The van der Waals surface area contributed by atoms with Crippen molar-refractivity contribution in [3.05, 3.63) is 51.9 Å². The van der Waals surface area contributed by atoms with E-state index in [4.69, 9.17) is 4.98 Å². The van der Waals surface area contributed by atoms with Gasteiger partial charge in [-0.1, -0.05) is 19.9 Å². The lowest BCUT2D eigenvalue weighted by molar-refractivity contribution is -0.142. The first kappa shape index (κ1) is 22.7. The summed E-state index contributed by atoms with van der Waals surface area (Å²) in [6, 6.07) is 7.94. The molecule has 0 amide bonds. The highest BCUT2D eigenvalue weighted by Gasteiger charge is 2.19. The molecule has 3 rings (SSSR count). The molecule has 2 aromatic heterocycles. The highest BCUT2D eigenvalue weighted by Crippen LogP contribution is 2.25. The van der Waals surface area contributed by atoms with Gasteiger partial charge in [-0.05, 0) is 55.9 Å². The number of imidazole rings is 1. The molecule has 0 aliphatic carbocycles. The minimum Gasteiger partial charge on any atom is -0.481 e. The standard InChI is InChI=1S/C22H27N3O3.ClH/c1-13(2)9-16(22(27)28)7-5-15-6-8-19-18(11-15)24-20(25(19)4)17-10-14(3)21(26)23-12-17;/h6,8,10-13,16H,5,7,9H2,1-4H3,(H,23,26)(H,27,28);1H/t16-;/m0./s1. The van der Waals surface area contributed by atoms with Gasteiger partial charge in [-0.3, -0.25) is 9.59 Å². The van der Waals surface area contributed by atoms with Crippen molar-refractivity contribution in [2.24, 2.45) is 18.9 Å². The van der Waals surface area contributed by atoms with Gasteiger partial charge in [0, 0.05) is 24.4 Å². The van der Waals surface area contributed by atoms with Crippen LogP contribution in [-0.4, -0.2) is 25.6 Å². The third-order valence-corrected chi connectivity index (χ3v) is 5.18. The Morgan fingerprint density at radius 3 is 2.62 bits per heavy atom. The molecule has 0 saturated carbocycles. The highest BCUT2D eigenvalue weighted by atomic mass is 35.5. The minimum atomic E-state index is -0.719. The van der Waals surface area contributed by atoms with Gasteiger partial charge < -0.3 is 14.7 Å².